The van der Waals surface area contributed by atoms with E-state index in [4.69, 9.17) is 5.73 Å². The highest BCUT2D eigenvalue weighted by atomic mass is 16.1. The predicted molar refractivity (Wildman–Crippen MR) is 86.0 cm³/mol. The third-order valence-electron chi connectivity index (χ3n) is 4.84. The Balaban J connectivity index is 1.98. The van der Waals surface area contributed by atoms with Gasteiger partial charge in [0, 0.05) is 25.7 Å². The third kappa shape index (κ3) is 4.18. The second-order valence-corrected chi connectivity index (χ2v) is 7.52. The molecule has 2 unspecified atom stereocenters. The average molecular weight is 296 g/mol. The van der Waals surface area contributed by atoms with Crippen molar-refractivity contribution in [3.8, 4) is 0 Å². The molecule has 0 bridgehead atoms. The molecule has 5 nitrogen and oxygen atoms in total. The normalized spacial score (nSPS) is 26.5. The van der Waals surface area contributed by atoms with Gasteiger partial charge in [-0.15, -0.1) is 0 Å². The van der Waals surface area contributed by atoms with Crippen molar-refractivity contribution in [2.75, 3.05) is 40.3 Å². The molecule has 2 fully saturated rings. The number of hydrogen-bond donors (Lipinski definition) is 2. The van der Waals surface area contributed by atoms with Crippen LogP contribution in [0.15, 0.2) is 0 Å². The van der Waals surface area contributed by atoms with Crippen LogP contribution in [0.5, 0.6) is 0 Å². The monoisotopic (exact) mass is 296 g/mol. The highest BCUT2D eigenvalue weighted by Gasteiger charge is 2.50. The van der Waals surface area contributed by atoms with E-state index in [0.717, 1.165) is 32.5 Å². The Hall–Kier alpha value is -0.650. The molecule has 1 heterocycles. The zero-order valence-electron chi connectivity index (χ0n) is 14.1. The highest BCUT2D eigenvalue weighted by molar-refractivity contribution is 5.86. The maximum Gasteiger partial charge on any atom is 0.239 e. The molecule has 21 heavy (non-hydrogen) atoms. The smallest absolute Gasteiger partial charge is 0.239 e. The first kappa shape index (κ1) is 16.7. The van der Waals surface area contributed by atoms with Gasteiger partial charge in [-0.3, -0.25) is 10.1 Å². The number of likely N-dealkylation sites (N-methyl/N-ethyl adjacent to an activating group) is 1. The average Bonchev–Trinajstić information content (AvgIpc) is 3.13. The van der Waals surface area contributed by atoms with Crippen LogP contribution in [-0.2, 0) is 4.79 Å². The fourth-order valence-corrected chi connectivity index (χ4v) is 3.84. The van der Waals surface area contributed by atoms with E-state index in [0.29, 0.717) is 11.8 Å². The van der Waals surface area contributed by atoms with Crippen molar-refractivity contribution in [3.05, 3.63) is 0 Å². The number of nitrogens with two attached hydrogens (primary N) is 1. The van der Waals surface area contributed by atoms with Crippen LogP contribution in [0.25, 0.3) is 0 Å². The van der Waals surface area contributed by atoms with E-state index in [2.05, 4.69) is 43.1 Å². The Morgan fingerprint density at radius 3 is 2.52 bits per heavy atom. The largest absolute Gasteiger partial charge is 0.368 e. The molecule has 1 saturated heterocycles. The Kier molecular flexibility index (Phi) is 5.28. The minimum atomic E-state index is -0.548. The molecule has 1 aliphatic heterocycles. The Bertz CT molecular complexity index is 369. The summed E-state index contributed by atoms with van der Waals surface area (Å²) in [6.07, 6.45) is 3.48. The number of primary amides is 1. The third-order valence-corrected chi connectivity index (χ3v) is 4.84. The van der Waals surface area contributed by atoms with Crippen molar-refractivity contribution < 1.29 is 4.79 Å². The molecule has 0 aromatic heterocycles. The molecule has 2 rings (SSSR count). The van der Waals surface area contributed by atoms with Crippen LogP contribution in [0.4, 0.5) is 0 Å². The molecule has 0 radical (unpaired) electrons. The van der Waals surface area contributed by atoms with Gasteiger partial charge in [0.1, 0.15) is 5.54 Å². The summed E-state index contributed by atoms with van der Waals surface area (Å²) in [4.78, 5) is 16.9. The van der Waals surface area contributed by atoms with Gasteiger partial charge in [0.25, 0.3) is 0 Å². The topological polar surface area (TPSA) is 61.6 Å². The first-order valence-corrected chi connectivity index (χ1v) is 8.28. The van der Waals surface area contributed by atoms with Gasteiger partial charge < -0.3 is 15.5 Å². The molecule has 1 aliphatic carbocycles. The summed E-state index contributed by atoms with van der Waals surface area (Å²) in [5.41, 5.74) is 5.25. The molecule has 1 saturated carbocycles. The lowest BCUT2D eigenvalue weighted by Crippen LogP contribution is -2.64. The number of carbonyl (C=O) groups is 1. The van der Waals surface area contributed by atoms with Crippen molar-refractivity contribution in [2.24, 2.45) is 17.6 Å². The van der Waals surface area contributed by atoms with Gasteiger partial charge in [-0.1, -0.05) is 0 Å². The lowest BCUT2D eigenvalue weighted by Gasteiger charge is -2.38. The summed E-state index contributed by atoms with van der Waals surface area (Å²) in [6.45, 7) is 8.30. The molecule has 2 aliphatic rings. The minimum absolute atomic E-state index is 0.186. The summed E-state index contributed by atoms with van der Waals surface area (Å²) in [6, 6.07) is 0.268. The summed E-state index contributed by atoms with van der Waals surface area (Å²) in [5, 5.41) is 3.49. The number of hydrogen-bond acceptors (Lipinski definition) is 4. The van der Waals surface area contributed by atoms with Gasteiger partial charge in [-0.05, 0) is 65.6 Å². The molecule has 1 amide bonds. The molecule has 0 aromatic carbocycles. The molecular weight excluding hydrogens is 264 g/mol. The zero-order valence-corrected chi connectivity index (χ0v) is 14.1. The van der Waals surface area contributed by atoms with Crippen LogP contribution < -0.4 is 11.1 Å². The van der Waals surface area contributed by atoms with Gasteiger partial charge in [0.2, 0.25) is 5.91 Å². The van der Waals surface area contributed by atoms with Crippen molar-refractivity contribution in [2.45, 2.75) is 44.7 Å². The minimum Gasteiger partial charge on any atom is -0.368 e. The van der Waals surface area contributed by atoms with Gasteiger partial charge in [-0.25, -0.2) is 0 Å². The first-order chi connectivity index (χ1) is 9.83. The Labute approximate surface area is 129 Å². The van der Waals surface area contributed by atoms with E-state index in [1.165, 1.54) is 13.0 Å². The van der Waals surface area contributed by atoms with Gasteiger partial charge >= 0.3 is 0 Å². The Morgan fingerprint density at radius 1 is 1.43 bits per heavy atom. The zero-order chi connectivity index (χ0) is 15.6. The molecule has 0 aromatic rings. The number of nitrogens with one attached hydrogen (secondary N) is 1. The first-order valence-electron chi connectivity index (χ1n) is 8.28. The van der Waals surface area contributed by atoms with E-state index in [-0.39, 0.29) is 11.9 Å². The van der Waals surface area contributed by atoms with Crippen LogP contribution in [0.3, 0.4) is 0 Å². The second kappa shape index (κ2) is 6.63. The molecular formula is C16H32N4O. The van der Waals surface area contributed by atoms with Crippen LogP contribution in [0.2, 0.25) is 0 Å². The van der Waals surface area contributed by atoms with Crippen molar-refractivity contribution in [1.29, 1.82) is 0 Å². The van der Waals surface area contributed by atoms with E-state index in [1.54, 1.807) is 0 Å². The van der Waals surface area contributed by atoms with Crippen molar-refractivity contribution in [3.63, 3.8) is 0 Å². The lowest BCUT2D eigenvalue weighted by molar-refractivity contribution is -0.126. The van der Waals surface area contributed by atoms with Crippen LogP contribution in [0.1, 0.15) is 33.1 Å². The number of amides is 1. The molecule has 122 valence electrons. The molecule has 2 atom stereocenters. The van der Waals surface area contributed by atoms with Crippen molar-refractivity contribution >= 4 is 5.91 Å². The lowest BCUT2D eigenvalue weighted by atomic mass is 9.90. The van der Waals surface area contributed by atoms with Crippen LogP contribution >= 0.6 is 0 Å². The van der Waals surface area contributed by atoms with Gasteiger partial charge in [-0.2, -0.15) is 0 Å². The summed E-state index contributed by atoms with van der Waals surface area (Å²) in [7, 11) is 4.30. The second-order valence-electron chi connectivity index (χ2n) is 7.52. The SMILES string of the molecule is CC(C)NC(CN(C)CC1CCN(C)C1)(C(N)=O)C1CC1. The highest BCUT2D eigenvalue weighted by Crippen LogP contribution is 2.40. The van der Waals surface area contributed by atoms with E-state index < -0.39 is 5.54 Å². The maximum atomic E-state index is 12.2. The molecule has 0 spiro atoms. The van der Waals surface area contributed by atoms with E-state index in [1.807, 2.05) is 0 Å². The van der Waals surface area contributed by atoms with Crippen LogP contribution in [-0.4, -0.2) is 67.6 Å². The number of carbonyl (C=O) groups excluding carboxylic acids is 1. The van der Waals surface area contributed by atoms with E-state index >= 15 is 0 Å². The number of likely N-dealkylation sites (tertiary alicyclic amines) is 1. The fraction of sp³-hybridized carbons (Fsp3) is 0.938. The van der Waals surface area contributed by atoms with Crippen molar-refractivity contribution in [1.82, 2.24) is 15.1 Å². The van der Waals surface area contributed by atoms with E-state index in [9.17, 15) is 4.79 Å². The number of rotatable bonds is 8. The Morgan fingerprint density at radius 2 is 2.10 bits per heavy atom. The van der Waals surface area contributed by atoms with Gasteiger partial charge in [0.05, 0.1) is 0 Å². The summed E-state index contributed by atoms with van der Waals surface area (Å²) >= 11 is 0. The summed E-state index contributed by atoms with van der Waals surface area (Å²) in [5.74, 6) is 0.934. The maximum absolute atomic E-state index is 12.2. The molecule has 5 heteroatoms. The number of nitrogens with zero attached hydrogens (tertiary/aromatic N) is 2. The summed E-state index contributed by atoms with van der Waals surface area (Å²) < 4.78 is 0. The van der Waals surface area contributed by atoms with Gasteiger partial charge in [0.15, 0.2) is 0 Å². The quantitative estimate of drug-likeness (QED) is 0.685. The van der Waals surface area contributed by atoms with Crippen LogP contribution in [0, 0.1) is 11.8 Å². The molecule has 3 N–H and O–H groups in total. The predicted octanol–water partition coefficient (Wildman–Crippen LogP) is 0.502. The standard InChI is InChI=1S/C16H32N4O/c1-12(2)18-16(15(17)21,14-5-6-14)11-20(4)10-13-7-8-19(3)9-13/h12-14,18H,5-11H2,1-4H3,(H2,17,21). The fourth-order valence-electron chi connectivity index (χ4n) is 3.84.